The highest BCUT2D eigenvalue weighted by atomic mass is 15.3. The molecule has 0 bridgehead atoms. The van der Waals surface area contributed by atoms with Crippen LogP contribution in [0.25, 0.3) is 0 Å². The average molecular weight is 258 g/mol. The molecule has 0 saturated carbocycles. The smallest absolute Gasteiger partial charge is 0.137 e. The first-order valence-corrected chi connectivity index (χ1v) is 6.75. The van der Waals surface area contributed by atoms with Crippen LogP contribution in [-0.2, 0) is 6.54 Å². The summed E-state index contributed by atoms with van der Waals surface area (Å²) in [5.74, 6) is 0. The maximum absolute atomic E-state index is 4.21. The molecule has 0 spiro atoms. The molecule has 1 unspecified atom stereocenters. The van der Waals surface area contributed by atoms with E-state index >= 15 is 0 Å². The minimum Gasteiger partial charge on any atom is -0.309 e. The van der Waals surface area contributed by atoms with Crippen molar-refractivity contribution in [2.45, 2.75) is 40.3 Å². The van der Waals surface area contributed by atoms with Crippen LogP contribution < -0.4 is 5.32 Å². The lowest BCUT2D eigenvalue weighted by atomic mass is 9.94. The van der Waals surface area contributed by atoms with Crippen LogP contribution in [-0.4, -0.2) is 21.3 Å². The topological polar surface area (TPSA) is 42.7 Å². The number of hydrogen-bond donors (Lipinski definition) is 1. The van der Waals surface area contributed by atoms with E-state index in [2.05, 4.69) is 55.2 Å². The Bertz CT molecular complexity index is 508. The lowest BCUT2D eigenvalue weighted by Crippen LogP contribution is -2.27. The minimum atomic E-state index is 0.271. The molecule has 0 amide bonds. The number of likely N-dealkylation sites (N-methyl/N-ethyl adjacent to an activating group) is 1. The first kappa shape index (κ1) is 13.7. The number of rotatable bonds is 5. The predicted molar refractivity (Wildman–Crippen MR) is 77.1 cm³/mol. The Morgan fingerprint density at radius 1 is 1.21 bits per heavy atom. The van der Waals surface area contributed by atoms with E-state index in [1.54, 1.807) is 12.7 Å². The summed E-state index contributed by atoms with van der Waals surface area (Å²) >= 11 is 0. The number of nitrogens with zero attached hydrogens (tertiary/aromatic N) is 3. The quantitative estimate of drug-likeness (QED) is 0.896. The van der Waals surface area contributed by atoms with E-state index in [1.807, 2.05) is 4.68 Å². The van der Waals surface area contributed by atoms with Crippen molar-refractivity contribution in [2.75, 3.05) is 6.54 Å². The molecule has 19 heavy (non-hydrogen) atoms. The molecule has 102 valence electrons. The van der Waals surface area contributed by atoms with Crippen molar-refractivity contribution in [3.05, 3.63) is 47.0 Å². The van der Waals surface area contributed by atoms with Crippen LogP contribution in [0, 0.1) is 20.8 Å². The van der Waals surface area contributed by atoms with Gasteiger partial charge in [-0.3, -0.25) is 4.68 Å². The van der Waals surface area contributed by atoms with Crippen molar-refractivity contribution in [1.82, 2.24) is 20.1 Å². The highest BCUT2D eigenvalue weighted by Crippen LogP contribution is 2.24. The maximum Gasteiger partial charge on any atom is 0.137 e. The standard InChI is InChI=1S/C15H22N4/c1-5-17-14(8-19-10-16-9-18-19)15-12(3)6-11(2)7-13(15)4/h6-7,9-10,14,17H,5,8H2,1-4H3. The number of hydrogen-bond acceptors (Lipinski definition) is 3. The molecule has 1 atom stereocenters. The Balaban J connectivity index is 2.33. The zero-order valence-electron chi connectivity index (χ0n) is 12.1. The van der Waals surface area contributed by atoms with E-state index in [0.717, 1.165) is 13.1 Å². The molecular formula is C15H22N4. The number of nitrogens with one attached hydrogen (secondary N) is 1. The first-order valence-electron chi connectivity index (χ1n) is 6.75. The Labute approximate surface area is 114 Å². The Morgan fingerprint density at radius 3 is 2.42 bits per heavy atom. The molecule has 0 saturated heterocycles. The molecular weight excluding hydrogens is 236 g/mol. The summed E-state index contributed by atoms with van der Waals surface area (Å²) in [6.45, 7) is 10.4. The van der Waals surface area contributed by atoms with Crippen molar-refractivity contribution in [1.29, 1.82) is 0 Å². The van der Waals surface area contributed by atoms with Crippen LogP contribution in [0.4, 0.5) is 0 Å². The Hall–Kier alpha value is -1.68. The lowest BCUT2D eigenvalue weighted by Gasteiger charge is -2.23. The van der Waals surface area contributed by atoms with E-state index in [4.69, 9.17) is 0 Å². The molecule has 1 aromatic heterocycles. The zero-order chi connectivity index (χ0) is 13.8. The molecule has 1 N–H and O–H groups in total. The van der Waals surface area contributed by atoms with Crippen LogP contribution in [0.2, 0.25) is 0 Å². The third-order valence-corrected chi connectivity index (χ3v) is 3.37. The molecule has 2 aromatic rings. The SMILES string of the molecule is CCNC(Cn1cncn1)c1c(C)cc(C)cc1C. The minimum absolute atomic E-state index is 0.271. The van der Waals surface area contributed by atoms with E-state index < -0.39 is 0 Å². The second-order valence-electron chi connectivity index (χ2n) is 5.04. The molecule has 0 aliphatic rings. The average Bonchev–Trinajstić information content (AvgIpc) is 2.80. The second-order valence-corrected chi connectivity index (χ2v) is 5.04. The molecule has 0 aliphatic heterocycles. The maximum atomic E-state index is 4.21. The predicted octanol–water partition coefficient (Wildman–Crippen LogP) is 2.55. The van der Waals surface area contributed by atoms with Gasteiger partial charge in [0.1, 0.15) is 12.7 Å². The van der Waals surface area contributed by atoms with Gasteiger partial charge in [0.25, 0.3) is 0 Å². The van der Waals surface area contributed by atoms with Crippen LogP contribution in [0.3, 0.4) is 0 Å². The van der Waals surface area contributed by atoms with Gasteiger partial charge in [0.15, 0.2) is 0 Å². The number of benzene rings is 1. The van der Waals surface area contributed by atoms with Crippen LogP contribution in [0.1, 0.15) is 35.2 Å². The summed E-state index contributed by atoms with van der Waals surface area (Å²) < 4.78 is 1.88. The molecule has 2 rings (SSSR count). The largest absolute Gasteiger partial charge is 0.309 e. The van der Waals surface area contributed by atoms with Crippen molar-refractivity contribution >= 4 is 0 Å². The molecule has 1 heterocycles. The monoisotopic (exact) mass is 258 g/mol. The molecule has 0 fully saturated rings. The van der Waals surface area contributed by atoms with E-state index in [1.165, 1.54) is 22.3 Å². The zero-order valence-corrected chi connectivity index (χ0v) is 12.1. The van der Waals surface area contributed by atoms with Gasteiger partial charge in [0, 0.05) is 0 Å². The van der Waals surface area contributed by atoms with Gasteiger partial charge in [0.2, 0.25) is 0 Å². The third kappa shape index (κ3) is 3.20. The number of aromatic nitrogens is 3. The van der Waals surface area contributed by atoms with E-state index in [0.29, 0.717) is 0 Å². The Morgan fingerprint density at radius 2 is 1.89 bits per heavy atom. The summed E-state index contributed by atoms with van der Waals surface area (Å²) in [7, 11) is 0. The fourth-order valence-electron chi connectivity index (χ4n) is 2.76. The van der Waals surface area contributed by atoms with Crippen LogP contribution >= 0.6 is 0 Å². The summed E-state index contributed by atoms with van der Waals surface area (Å²) in [6, 6.07) is 4.76. The van der Waals surface area contributed by atoms with Gasteiger partial charge in [-0.05, 0) is 44.0 Å². The molecule has 0 radical (unpaired) electrons. The van der Waals surface area contributed by atoms with Crippen molar-refractivity contribution < 1.29 is 0 Å². The van der Waals surface area contributed by atoms with Gasteiger partial charge in [0.05, 0.1) is 12.6 Å². The van der Waals surface area contributed by atoms with Gasteiger partial charge < -0.3 is 5.32 Å². The molecule has 4 nitrogen and oxygen atoms in total. The van der Waals surface area contributed by atoms with Crippen molar-refractivity contribution in [3.8, 4) is 0 Å². The van der Waals surface area contributed by atoms with Gasteiger partial charge in [-0.15, -0.1) is 0 Å². The lowest BCUT2D eigenvalue weighted by molar-refractivity contribution is 0.444. The normalized spacial score (nSPS) is 12.6. The molecule has 4 heteroatoms. The van der Waals surface area contributed by atoms with Gasteiger partial charge in [-0.1, -0.05) is 24.6 Å². The fourth-order valence-corrected chi connectivity index (χ4v) is 2.76. The highest BCUT2D eigenvalue weighted by molar-refractivity contribution is 5.39. The molecule has 1 aromatic carbocycles. The Kier molecular flexibility index (Phi) is 4.32. The molecule has 0 aliphatic carbocycles. The van der Waals surface area contributed by atoms with E-state index in [-0.39, 0.29) is 6.04 Å². The summed E-state index contributed by atoms with van der Waals surface area (Å²) in [5, 5.41) is 7.76. The number of aryl methyl sites for hydroxylation is 3. The third-order valence-electron chi connectivity index (χ3n) is 3.37. The van der Waals surface area contributed by atoms with Gasteiger partial charge in [-0.2, -0.15) is 5.10 Å². The van der Waals surface area contributed by atoms with Gasteiger partial charge >= 0.3 is 0 Å². The summed E-state index contributed by atoms with van der Waals surface area (Å²) in [5.41, 5.74) is 5.37. The highest BCUT2D eigenvalue weighted by Gasteiger charge is 2.16. The summed E-state index contributed by atoms with van der Waals surface area (Å²) in [4.78, 5) is 4.01. The second kappa shape index (κ2) is 5.97. The van der Waals surface area contributed by atoms with Gasteiger partial charge in [-0.25, -0.2) is 4.98 Å². The first-order chi connectivity index (χ1) is 9.11. The van der Waals surface area contributed by atoms with Crippen molar-refractivity contribution in [3.63, 3.8) is 0 Å². The van der Waals surface area contributed by atoms with Crippen LogP contribution in [0.15, 0.2) is 24.8 Å². The summed E-state index contributed by atoms with van der Waals surface area (Å²) in [6.07, 6.45) is 3.35. The van der Waals surface area contributed by atoms with E-state index in [9.17, 15) is 0 Å². The fraction of sp³-hybridized carbons (Fsp3) is 0.467. The van der Waals surface area contributed by atoms with Crippen molar-refractivity contribution in [2.24, 2.45) is 0 Å². The van der Waals surface area contributed by atoms with Crippen LogP contribution in [0.5, 0.6) is 0 Å².